The van der Waals surface area contributed by atoms with E-state index in [1.165, 1.54) is 0 Å². The van der Waals surface area contributed by atoms with Crippen LogP contribution in [0.3, 0.4) is 0 Å². The first-order chi connectivity index (χ1) is 4.20. The van der Waals surface area contributed by atoms with Crippen LogP contribution in [-0.2, 0) is 0 Å². The van der Waals surface area contributed by atoms with Crippen LogP contribution < -0.4 is 0 Å². The number of hydrogen-bond acceptors (Lipinski definition) is 2. The third-order valence-corrected chi connectivity index (χ3v) is 1.44. The Morgan fingerprint density at radius 2 is 2.22 bits per heavy atom. The summed E-state index contributed by atoms with van der Waals surface area (Å²) in [5.41, 5.74) is 1.05. The van der Waals surface area contributed by atoms with Gasteiger partial charge in [-0.2, -0.15) is 10.2 Å². The average molecular weight is 124 g/mol. The smallest absolute Gasteiger partial charge is 0.0936 e. The number of hydrogen-bond donors (Lipinski definition) is 0. The Balaban J connectivity index is 2.59. The van der Waals surface area contributed by atoms with E-state index in [0.717, 1.165) is 5.70 Å². The molecule has 50 valence electrons. The van der Waals surface area contributed by atoms with E-state index in [0.29, 0.717) is 12.0 Å². The van der Waals surface area contributed by atoms with Gasteiger partial charge in [0.05, 0.1) is 11.7 Å². The second-order valence-corrected chi connectivity index (χ2v) is 2.76. The lowest BCUT2D eigenvalue weighted by Gasteiger charge is -2.04. The van der Waals surface area contributed by atoms with Crippen molar-refractivity contribution in [2.45, 2.75) is 26.8 Å². The van der Waals surface area contributed by atoms with Crippen LogP contribution in [0.15, 0.2) is 22.0 Å². The van der Waals surface area contributed by atoms with Crippen LogP contribution in [-0.4, -0.2) is 6.04 Å². The van der Waals surface area contributed by atoms with Crippen molar-refractivity contribution in [2.75, 3.05) is 0 Å². The van der Waals surface area contributed by atoms with Crippen LogP contribution in [0.2, 0.25) is 0 Å². The van der Waals surface area contributed by atoms with Crippen molar-refractivity contribution in [3.05, 3.63) is 11.8 Å². The zero-order valence-electron chi connectivity index (χ0n) is 6.13. The summed E-state index contributed by atoms with van der Waals surface area (Å²) in [5.74, 6) is 0.589. The molecule has 0 bridgehead atoms. The zero-order valence-corrected chi connectivity index (χ0v) is 6.13. The molecule has 1 aliphatic rings. The highest BCUT2D eigenvalue weighted by atomic mass is 15.1. The largest absolute Gasteiger partial charge is 0.181 e. The molecule has 0 radical (unpaired) electrons. The standard InChI is InChI=1S/C7H12N2/c1-5(2)7-4-6(3)8-9-7/h4-5,7H,1-3H3. The lowest BCUT2D eigenvalue weighted by molar-refractivity contribution is 0.567. The summed E-state index contributed by atoms with van der Waals surface area (Å²) in [7, 11) is 0. The Hall–Kier alpha value is -0.660. The van der Waals surface area contributed by atoms with Gasteiger partial charge in [-0.15, -0.1) is 0 Å². The molecule has 2 nitrogen and oxygen atoms in total. The molecule has 0 saturated carbocycles. The van der Waals surface area contributed by atoms with Gasteiger partial charge >= 0.3 is 0 Å². The molecule has 1 aliphatic heterocycles. The highest BCUT2D eigenvalue weighted by molar-refractivity contribution is 5.07. The molecule has 0 aromatic rings. The Morgan fingerprint density at radius 1 is 1.56 bits per heavy atom. The molecule has 0 spiro atoms. The van der Waals surface area contributed by atoms with Gasteiger partial charge in [0.2, 0.25) is 0 Å². The minimum atomic E-state index is 0.338. The fourth-order valence-corrected chi connectivity index (χ4v) is 0.797. The van der Waals surface area contributed by atoms with Crippen LogP contribution >= 0.6 is 0 Å². The summed E-state index contributed by atoms with van der Waals surface area (Å²) in [4.78, 5) is 0. The van der Waals surface area contributed by atoms with E-state index >= 15 is 0 Å². The van der Waals surface area contributed by atoms with E-state index in [1.54, 1.807) is 0 Å². The molecule has 0 N–H and O–H groups in total. The number of rotatable bonds is 1. The van der Waals surface area contributed by atoms with Crippen LogP contribution in [0, 0.1) is 5.92 Å². The second-order valence-electron chi connectivity index (χ2n) is 2.76. The van der Waals surface area contributed by atoms with E-state index < -0.39 is 0 Å². The summed E-state index contributed by atoms with van der Waals surface area (Å²) in [6, 6.07) is 0.338. The lowest BCUT2D eigenvalue weighted by Crippen LogP contribution is -2.05. The van der Waals surface area contributed by atoms with Crippen molar-refractivity contribution in [2.24, 2.45) is 16.1 Å². The highest BCUT2D eigenvalue weighted by Crippen LogP contribution is 2.17. The molecule has 1 unspecified atom stereocenters. The third kappa shape index (κ3) is 1.37. The Bertz CT molecular complexity index is 156. The minimum absolute atomic E-state index is 0.338. The van der Waals surface area contributed by atoms with Gasteiger partial charge in [-0.3, -0.25) is 0 Å². The van der Waals surface area contributed by atoms with Gasteiger partial charge in [-0.05, 0) is 18.9 Å². The zero-order chi connectivity index (χ0) is 6.85. The van der Waals surface area contributed by atoms with Gasteiger partial charge in [0.1, 0.15) is 0 Å². The molecule has 0 aromatic heterocycles. The number of allylic oxidation sites excluding steroid dienone is 1. The molecular formula is C7H12N2. The number of azo groups is 1. The molecule has 0 aromatic carbocycles. The summed E-state index contributed by atoms with van der Waals surface area (Å²) in [6.45, 7) is 6.28. The molecule has 0 aliphatic carbocycles. The van der Waals surface area contributed by atoms with Crippen molar-refractivity contribution < 1.29 is 0 Å². The fourth-order valence-electron chi connectivity index (χ4n) is 0.797. The van der Waals surface area contributed by atoms with Crippen molar-refractivity contribution >= 4 is 0 Å². The topological polar surface area (TPSA) is 24.7 Å². The molecule has 9 heavy (non-hydrogen) atoms. The average Bonchev–Trinajstić information content (AvgIpc) is 2.14. The van der Waals surface area contributed by atoms with Crippen molar-refractivity contribution in [1.29, 1.82) is 0 Å². The summed E-state index contributed by atoms with van der Waals surface area (Å²) in [6.07, 6.45) is 2.10. The van der Waals surface area contributed by atoms with E-state index in [2.05, 4.69) is 30.2 Å². The maximum atomic E-state index is 4.05. The maximum Gasteiger partial charge on any atom is 0.0936 e. The van der Waals surface area contributed by atoms with Crippen molar-refractivity contribution in [3.63, 3.8) is 0 Å². The molecule has 1 rings (SSSR count). The number of nitrogens with zero attached hydrogens (tertiary/aromatic N) is 2. The Morgan fingerprint density at radius 3 is 2.44 bits per heavy atom. The van der Waals surface area contributed by atoms with Gasteiger partial charge in [0.25, 0.3) is 0 Å². The molecule has 0 fully saturated rings. The summed E-state index contributed by atoms with van der Waals surface area (Å²) < 4.78 is 0. The first-order valence-corrected chi connectivity index (χ1v) is 3.29. The van der Waals surface area contributed by atoms with Crippen LogP contribution in [0.1, 0.15) is 20.8 Å². The maximum absolute atomic E-state index is 4.05. The second kappa shape index (κ2) is 2.29. The molecule has 1 heterocycles. The van der Waals surface area contributed by atoms with Gasteiger partial charge in [0, 0.05) is 0 Å². The molecule has 0 saturated heterocycles. The van der Waals surface area contributed by atoms with E-state index in [1.807, 2.05) is 6.92 Å². The van der Waals surface area contributed by atoms with Crippen LogP contribution in [0.25, 0.3) is 0 Å². The predicted molar refractivity (Wildman–Crippen MR) is 37.2 cm³/mol. The molecule has 2 heteroatoms. The van der Waals surface area contributed by atoms with E-state index in [4.69, 9.17) is 0 Å². The van der Waals surface area contributed by atoms with Crippen molar-refractivity contribution in [3.8, 4) is 0 Å². The quantitative estimate of drug-likeness (QED) is 0.512. The first-order valence-electron chi connectivity index (χ1n) is 3.29. The minimum Gasteiger partial charge on any atom is -0.181 e. The fraction of sp³-hybridized carbons (Fsp3) is 0.714. The third-order valence-electron chi connectivity index (χ3n) is 1.44. The van der Waals surface area contributed by atoms with E-state index in [-0.39, 0.29) is 0 Å². The van der Waals surface area contributed by atoms with Crippen LogP contribution in [0.5, 0.6) is 0 Å². The summed E-state index contributed by atoms with van der Waals surface area (Å²) in [5, 5.41) is 7.97. The van der Waals surface area contributed by atoms with Crippen molar-refractivity contribution in [1.82, 2.24) is 0 Å². The Kier molecular flexibility index (Phi) is 1.65. The normalized spacial score (nSPS) is 25.3. The van der Waals surface area contributed by atoms with E-state index in [9.17, 15) is 0 Å². The summed E-state index contributed by atoms with van der Waals surface area (Å²) >= 11 is 0. The van der Waals surface area contributed by atoms with Gasteiger partial charge in [-0.25, -0.2) is 0 Å². The molecular weight excluding hydrogens is 112 g/mol. The van der Waals surface area contributed by atoms with Gasteiger partial charge < -0.3 is 0 Å². The van der Waals surface area contributed by atoms with Gasteiger partial charge in [-0.1, -0.05) is 13.8 Å². The molecule has 0 amide bonds. The lowest BCUT2D eigenvalue weighted by atomic mass is 10.1. The monoisotopic (exact) mass is 124 g/mol. The predicted octanol–water partition coefficient (Wildman–Crippen LogP) is 2.38. The molecule has 1 atom stereocenters. The van der Waals surface area contributed by atoms with Gasteiger partial charge in [0.15, 0.2) is 0 Å². The SMILES string of the molecule is CC1=CC(C(C)C)N=N1. The highest BCUT2D eigenvalue weighted by Gasteiger charge is 2.12. The van der Waals surface area contributed by atoms with Crippen LogP contribution in [0.4, 0.5) is 0 Å². The Labute approximate surface area is 55.7 Å². The first kappa shape index (κ1) is 6.46.